The number of hydrogen-bond acceptors (Lipinski definition) is 2. The molecule has 1 atom stereocenters. The lowest BCUT2D eigenvalue weighted by Gasteiger charge is -2.17. The Labute approximate surface area is 129 Å². The molecule has 1 aromatic heterocycles. The Kier molecular flexibility index (Phi) is 5.01. The first kappa shape index (κ1) is 15.0. The van der Waals surface area contributed by atoms with E-state index in [0.717, 1.165) is 25.8 Å². The monoisotopic (exact) mass is 361 g/mol. The quantitative estimate of drug-likeness (QED) is 0.777. The van der Waals surface area contributed by atoms with Crippen LogP contribution in [0.15, 0.2) is 28.7 Å². The Balaban J connectivity index is 2.44. The van der Waals surface area contributed by atoms with E-state index in [2.05, 4.69) is 21.2 Å². The largest absolute Gasteiger partial charge is 0.306 e. The van der Waals surface area contributed by atoms with Crippen LogP contribution in [0.5, 0.6) is 0 Å². The minimum Gasteiger partial charge on any atom is -0.306 e. The van der Waals surface area contributed by atoms with Crippen LogP contribution in [0.25, 0.3) is 0 Å². The predicted molar refractivity (Wildman–Crippen MR) is 83.7 cm³/mol. The molecule has 19 heavy (non-hydrogen) atoms. The van der Waals surface area contributed by atoms with Crippen molar-refractivity contribution in [3.05, 3.63) is 54.9 Å². The zero-order valence-corrected chi connectivity index (χ0v) is 13.8. The fourth-order valence-corrected chi connectivity index (χ4v) is 3.58. The molecule has 2 rings (SSSR count). The number of halogens is 3. The Hall–Kier alpha value is -0.420. The molecule has 1 N–H and O–H groups in total. The molecule has 5 heteroatoms. The standard InChI is InChI=1S/C14H14BrClFNS/c1-3-18-13(12-6-8(2)14(16)19-12)10-5-4-9(15)7-11(10)17/h4-7,13,18H,3H2,1-2H3. The second-order valence-electron chi connectivity index (χ2n) is 4.26. The normalized spacial score (nSPS) is 12.7. The van der Waals surface area contributed by atoms with Gasteiger partial charge in [-0.15, -0.1) is 11.3 Å². The van der Waals surface area contributed by atoms with Gasteiger partial charge in [-0.2, -0.15) is 0 Å². The van der Waals surface area contributed by atoms with Crippen molar-refractivity contribution in [1.82, 2.24) is 5.32 Å². The van der Waals surface area contributed by atoms with Gasteiger partial charge in [0, 0.05) is 14.9 Å². The summed E-state index contributed by atoms with van der Waals surface area (Å²) in [7, 11) is 0. The molecule has 0 aliphatic carbocycles. The fourth-order valence-electron chi connectivity index (χ4n) is 1.93. The van der Waals surface area contributed by atoms with E-state index in [9.17, 15) is 4.39 Å². The van der Waals surface area contributed by atoms with E-state index in [-0.39, 0.29) is 11.9 Å². The van der Waals surface area contributed by atoms with Gasteiger partial charge in [0.15, 0.2) is 0 Å². The second-order valence-corrected chi connectivity index (χ2v) is 6.86. The van der Waals surface area contributed by atoms with Gasteiger partial charge in [-0.05, 0) is 37.2 Å². The molecule has 0 fully saturated rings. The first-order chi connectivity index (χ1) is 9.02. The summed E-state index contributed by atoms with van der Waals surface area (Å²) >= 11 is 10.9. The first-order valence-corrected chi connectivity index (χ1v) is 7.95. The molecule has 0 aliphatic rings. The topological polar surface area (TPSA) is 12.0 Å². The summed E-state index contributed by atoms with van der Waals surface area (Å²) in [5.74, 6) is -0.220. The molecule has 2 aromatic rings. The van der Waals surface area contributed by atoms with Gasteiger partial charge in [0.2, 0.25) is 0 Å². The SMILES string of the molecule is CCNC(c1cc(C)c(Cl)s1)c1ccc(Br)cc1F. The third-order valence-electron chi connectivity index (χ3n) is 2.84. The molecule has 0 saturated heterocycles. The average Bonchev–Trinajstić information content (AvgIpc) is 2.67. The molecule has 1 aromatic carbocycles. The maximum atomic E-state index is 14.1. The van der Waals surface area contributed by atoms with Crippen LogP contribution in [-0.4, -0.2) is 6.54 Å². The van der Waals surface area contributed by atoms with Gasteiger partial charge in [-0.25, -0.2) is 4.39 Å². The van der Waals surface area contributed by atoms with Crippen LogP contribution in [0.3, 0.4) is 0 Å². The van der Waals surface area contributed by atoms with E-state index in [4.69, 9.17) is 11.6 Å². The van der Waals surface area contributed by atoms with Crippen molar-refractivity contribution in [2.24, 2.45) is 0 Å². The molecule has 0 amide bonds. The number of hydrogen-bond donors (Lipinski definition) is 1. The summed E-state index contributed by atoms with van der Waals surface area (Å²) in [5, 5.41) is 3.31. The highest BCUT2D eigenvalue weighted by Crippen LogP contribution is 2.35. The van der Waals surface area contributed by atoms with Gasteiger partial charge in [0.05, 0.1) is 10.4 Å². The number of thiophene rings is 1. The summed E-state index contributed by atoms with van der Waals surface area (Å²) in [6.45, 7) is 4.73. The second kappa shape index (κ2) is 6.35. The molecule has 0 saturated carbocycles. The van der Waals surface area contributed by atoms with Crippen molar-refractivity contribution >= 4 is 38.9 Å². The summed E-state index contributed by atoms with van der Waals surface area (Å²) < 4.78 is 15.6. The highest BCUT2D eigenvalue weighted by molar-refractivity contribution is 9.10. The maximum absolute atomic E-state index is 14.1. The van der Waals surface area contributed by atoms with E-state index in [0.29, 0.717) is 5.56 Å². The molecule has 102 valence electrons. The van der Waals surface area contributed by atoms with E-state index >= 15 is 0 Å². The highest BCUT2D eigenvalue weighted by Gasteiger charge is 2.20. The number of nitrogens with one attached hydrogen (secondary N) is 1. The van der Waals surface area contributed by atoms with Crippen molar-refractivity contribution in [2.75, 3.05) is 6.54 Å². The van der Waals surface area contributed by atoms with Crippen LogP contribution in [0, 0.1) is 12.7 Å². The zero-order chi connectivity index (χ0) is 14.0. The molecule has 1 nitrogen and oxygen atoms in total. The smallest absolute Gasteiger partial charge is 0.129 e. The van der Waals surface area contributed by atoms with E-state index < -0.39 is 0 Å². The third-order valence-corrected chi connectivity index (χ3v) is 4.96. The Morgan fingerprint density at radius 1 is 1.42 bits per heavy atom. The van der Waals surface area contributed by atoms with Gasteiger partial charge >= 0.3 is 0 Å². The lowest BCUT2D eigenvalue weighted by molar-refractivity contribution is 0.562. The molecule has 1 unspecified atom stereocenters. The maximum Gasteiger partial charge on any atom is 0.129 e. The Bertz CT molecular complexity index is 565. The fraction of sp³-hybridized carbons (Fsp3) is 0.286. The van der Waals surface area contributed by atoms with Crippen molar-refractivity contribution in [1.29, 1.82) is 0 Å². The van der Waals surface area contributed by atoms with E-state index in [1.54, 1.807) is 6.07 Å². The molecular weight excluding hydrogens is 349 g/mol. The van der Waals surface area contributed by atoms with E-state index in [1.165, 1.54) is 17.4 Å². The Morgan fingerprint density at radius 2 is 2.16 bits per heavy atom. The van der Waals surface area contributed by atoms with Crippen molar-refractivity contribution < 1.29 is 4.39 Å². The van der Waals surface area contributed by atoms with Gasteiger partial charge in [0.1, 0.15) is 5.82 Å². The van der Waals surface area contributed by atoms with Crippen LogP contribution in [0.4, 0.5) is 4.39 Å². The van der Waals surface area contributed by atoms with Crippen LogP contribution >= 0.6 is 38.9 Å². The molecular formula is C14H14BrClFNS. The van der Waals surface area contributed by atoms with Crippen LogP contribution in [-0.2, 0) is 0 Å². The zero-order valence-electron chi connectivity index (χ0n) is 10.6. The number of benzene rings is 1. The molecule has 1 heterocycles. The van der Waals surface area contributed by atoms with Crippen LogP contribution in [0.2, 0.25) is 4.34 Å². The summed E-state index contributed by atoms with van der Waals surface area (Å²) in [4.78, 5) is 1.03. The van der Waals surface area contributed by atoms with E-state index in [1.807, 2.05) is 26.0 Å². The van der Waals surface area contributed by atoms with Crippen molar-refractivity contribution in [3.8, 4) is 0 Å². The van der Waals surface area contributed by atoms with Gasteiger partial charge < -0.3 is 5.32 Å². The summed E-state index contributed by atoms with van der Waals surface area (Å²) in [5.41, 5.74) is 1.67. The highest BCUT2D eigenvalue weighted by atomic mass is 79.9. The lowest BCUT2D eigenvalue weighted by Crippen LogP contribution is -2.22. The van der Waals surface area contributed by atoms with Crippen LogP contribution < -0.4 is 5.32 Å². The summed E-state index contributed by atoms with van der Waals surface area (Å²) in [6, 6.07) is 7.00. The minimum atomic E-state index is -0.220. The first-order valence-electron chi connectivity index (χ1n) is 5.97. The van der Waals surface area contributed by atoms with Crippen molar-refractivity contribution in [2.45, 2.75) is 19.9 Å². The molecule has 0 radical (unpaired) electrons. The van der Waals surface area contributed by atoms with Crippen molar-refractivity contribution in [3.63, 3.8) is 0 Å². The number of rotatable bonds is 4. The molecule has 0 bridgehead atoms. The third kappa shape index (κ3) is 3.37. The minimum absolute atomic E-state index is 0.158. The molecule has 0 aliphatic heterocycles. The Morgan fingerprint density at radius 3 is 2.68 bits per heavy atom. The average molecular weight is 363 g/mol. The number of aryl methyl sites for hydroxylation is 1. The van der Waals surface area contributed by atoms with Crippen LogP contribution in [0.1, 0.15) is 29.0 Å². The van der Waals surface area contributed by atoms with Gasteiger partial charge in [0.25, 0.3) is 0 Å². The lowest BCUT2D eigenvalue weighted by atomic mass is 10.0. The van der Waals surface area contributed by atoms with Gasteiger partial charge in [-0.1, -0.05) is 40.5 Å². The summed E-state index contributed by atoms with van der Waals surface area (Å²) in [6.07, 6.45) is 0. The molecule has 0 spiro atoms. The van der Waals surface area contributed by atoms with Gasteiger partial charge in [-0.3, -0.25) is 0 Å². The predicted octanol–water partition coefficient (Wildman–Crippen LogP) is 5.31.